The molecule has 0 fully saturated rings. The van der Waals surface area contributed by atoms with Crippen LogP contribution >= 0.6 is 23.2 Å². The molecule has 0 saturated carbocycles. The van der Waals surface area contributed by atoms with E-state index in [0.717, 1.165) is 11.3 Å². The van der Waals surface area contributed by atoms with Crippen LogP contribution in [0, 0.1) is 5.41 Å². The minimum Gasteiger partial charge on any atom is -0.398 e. The zero-order valence-corrected chi connectivity index (χ0v) is 11.6. The number of hydrogen-bond donors (Lipinski definition) is 3. The SMILES string of the molecule is N=Cc1c(N)cccc1NCc1c(Cl)cccc1Cl. The summed E-state index contributed by atoms with van der Waals surface area (Å²) in [6, 6.07) is 10.8. The first kappa shape index (κ1) is 13.7. The van der Waals surface area contributed by atoms with Crippen molar-refractivity contribution in [2.75, 3.05) is 11.1 Å². The third-order valence-electron chi connectivity index (χ3n) is 2.80. The van der Waals surface area contributed by atoms with Crippen molar-refractivity contribution in [3.63, 3.8) is 0 Å². The van der Waals surface area contributed by atoms with Gasteiger partial charge in [-0.3, -0.25) is 0 Å². The molecule has 0 saturated heterocycles. The van der Waals surface area contributed by atoms with E-state index in [9.17, 15) is 0 Å². The molecule has 19 heavy (non-hydrogen) atoms. The lowest BCUT2D eigenvalue weighted by Crippen LogP contribution is -2.05. The Hall–Kier alpha value is -1.71. The zero-order valence-electron chi connectivity index (χ0n) is 10.1. The van der Waals surface area contributed by atoms with Crippen LogP contribution in [0.2, 0.25) is 10.0 Å². The predicted molar refractivity (Wildman–Crippen MR) is 82.5 cm³/mol. The van der Waals surface area contributed by atoms with Crippen LogP contribution in [0.4, 0.5) is 11.4 Å². The normalized spacial score (nSPS) is 10.2. The Morgan fingerprint density at radius 1 is 1.11 bits per heavy atom. The molecule has 2 rings (SSSR count). The predicted octanol–water partition coefficient (Wildman–Crippen LogP) is 4.19. The quantitative estimate of drug-likeness (QED) is 0.585. The van der Waals surface area contributed by atoms with Crippen LogP contribution < -0.4 is 11.1 Å². The fourth-order valence-electron chi connectivity index (χ4n) is 1.78. The average molecular weight is 294 g/mol. The number of nitrogen functional groups attached to an aromatic ring is 1. The molecule has 4 N–H and O–H groups in total. The van der Waals surface area contributed by atoms with E-state index in [0.29, 0.717) is 27.8 Å². The summed E-state index contributed by atoms with van der Waals surface area (Å²) >= 11 is 12.2. The molecular formula is C14H13Cl2N3. The number of rotatable bonds is 4. The van der Waals surface area contributed by atoms with Crippen LogP contribution in [0.3, 0.4) is 0 Å². The first-order valence-electron chi connectivity index (χ1n) is 5.69. The van der Waals surface area contributed by atoms with Crippen LogP contribution in [-0.4, -0.2) is 6.21 Å². The van der Waals surface area contributed by atoms with Crippen LogP contribution in [0.15, 0.2) is 36.4 Å². The molecule has 0 heterocycles. The summed E-state index contributed by atoms with van der Waals surface area (Å²) in [6.45, 7) is 0.475. The molecule has 0 aromatic heterocycles. The van der Waals surface area contributed by atoms with Gasteiger partial charge in [0.2, 0.25) is 0 Å². The smallest absolute Gasteiger partial charge is 0.0470 e. The second-order valence-corrected chi connectivity index (χ2v) is 4.82. The van der Waals surface area contributed by atoms with E-state index >= 15 is 0 Å². The molecule has 5 heteroatoms. The summed E-state index contributed by atoms with van der Waals surface area (Å²) < 4.78 is 0. The Morgan fingerprint density at radius 3 is 2.37 bits per heavy atom. The topological polar surface area (TPSA) is 61.9 Å². The van der Waals surface area contributed by atoms with Crippen molar-refractivity contribution in [1.82, 2.24) is 0 Å². The maximum atomic E-state index is 7.40. The molecule has 98 valence electrons. The molecule has 2 aromatic carbocycles. The molecule has 0 aliphatic heterocycles. The van der Waals surface area contributed by atoms with E-state index in [4.69, 9.17) is 34.3 Å². The van der Waals surface area contributed by atoms with E-state index in [1.54, 1.807) is 24.3 Å². The Labute approximate surface area is 121 Å². The van der Waals surface area contributed by atoms with Crippen molar-refractivity contribution < 1.29 is 0 Å². The van der Waals surface area contributed by atoms with Crippen LogP contribution in [0.25, 0.3) is 0 Å². The molecular weight excluding hydrogens is 281 g/mol. The van der Waals surface area contributed by atoms with Crippen LogP contribution in [0.5, 0.6) is 0 Å². The maximum Gasteiger partial charge on any atom is 0.0470 e. The number of hydrogen-bond acceptors (Lipinski definition) is 3. The highest BCUT2D eigenvalue weighted by Gasteiger charge is 2.07. The van der Waals surface area contributed by atoms with E-state index < -0.39 is 0 Å². The van der Waals surface area contributed by atoms with E-state index in [1.165, 1.54) is 6.21 Å². The molecule has 0 unspecified atom stereocenters. The number of benzene rings is 2. The number of anilines is 2. The highest BCUT2D eigenvalue weighted by Crippen LogP contribution is 2.26. The summed E-state index contributed by atoms with van der Waals surface area (Å²) in [6.07, 6.45) is 1.23. The molecule has 0 aliphatic carbocycles. The third kappa shape index (κ3) is 3.00. The first-order valence-corrected chi connectivity index (χ1v) is 6.45. The molecule has 0 aliphatic rings. The lowest BCUT2D eigenvalue weighted by Gasteiger charge is -2.13. The van der Waals surface area contributed by atoms with Gasteiger partial charge >= 0.3 is 0 Å². The monoisotopic (exact) mass is 293 g/mol. The van der Waals surface area contributed by atoms with Gasteiger partial charge in [0.1, 0.15) is 0 Å². The summed E-state index contributed by atoms with van der Waals surface area (Å²) in [5.74, 6) is 0. The Bertz CT molecular complexity index is 591. The van der Waals surface area contributed by atoms with E-state index in [1.807, 2.05) is 12.1 Å². The molecule has 2 aromatic rings. The average Bonchev–Trinajstić information content (AvgIpc) is 2.38. The number of nitrogens with two attached hydrogens (primary N) is 1. The van der Waals surface area contributed by atoms with Crippen molar-refractivity contribution in [2.24, 2.45) is 0 Å². The minimum absolute atomic E-state index is 0.475. The largest absolute Gasteiger partial charge is 0.398 e. The highest BCUT2D eigenvalue weighted by atomic mass is 35.5. The van der Waals surface area contributed by atoms with E-state index in [2.05, 4.69) is 5.32 Å². The summed E-state index contributed by atoms with van der Waals surface area (Å²) in [5.41, 5.74) is 8.64. The maximum absolute atomic E-state index is 7.40. The lowest BCUT2D eigenvalue weighted by atomic mass is 10.1. The summed E-state index contributed by atoms with van der Waals surface area (Å²) in [5, 5.41) is 11.8. The summed E-state index contributed by atoms with van der Waals surface area (Å²) in [7, 11) is 0. The molecule has 0 bridgehead atoms. The Balaban J connectivity index is 2.24. The van der Waals surface area contributed by atoms with Gasteiger partial charge in [0.05, 0.1) is 0 Å². The molecule has 0 atom stereocenters. The van der Waals surface area contributed by atoms with Gasteiger partial charge in [0, 0.05) is 45.3 Å². The van der Waals surface area contributed by atoms with Gasteiger partial charge in [-0.1, -0.05) is 35.3 Å². The van der Waals surface area contributed by atoms with Gasteiger partial charge in [0.15, 0.2) is 0 Å². The second-order valence-electron chi connectivity index (χ2n) is 4.01. The fraction of sp³-hybridized carbons (Fsp3) is 0.0714. The fourth-order valence-corrected chi connectivity index (χ4v) is 2.31. The van der Waals surface area contributed by atoms with Gasteiger partial charge in [-0.15, -0.1) is 0 Å². The second kappa shape index (κ2) is 5.95. The van der Waals surface area contributed by atoms with Gasteiger partial charge in [0.25, 0.3) is 0 Å². The number of halogens is 2. The first-order chi connectivity index (χ1) is 9.13. The Morgan fingerprint density at radius 2 is 1.74 bits per heavy atom. The molecule has 0 amide bonds. The third-order valence-corrected chi connectivity index (χ3v) is 3.51. The molecule has 0 radical (unpaired) electrons. The van der Waals surface area contributed by atoms with Gasteiger partial charge in [-0.2, -0.15) is 0 Å². The Kier molecular flexibility index (Phi) is 4.30. The van der Waals surface area contributed by atoms with Crippen LogP contribution in [-0.2, 0) is 6.54 Å². The van der Waals surface area contributed by atoms with Gasteiger partial charge < -0.3 is 16.5 Å². The lowest BCUT2D eigenvalue weighted by molar-refractivity contribution is 1.15. The van der Waals surface area contributed by atoms with Crippen molar-refractivity contribution in [2.45, 2.75) is 6.54 Å². The van der Waals surface area contributed by atoms with Crippen molar-refractivity contribution in [1.29, 1.82) is 5.41 Å². The zero-order chi connectivity index (χ0) is 13.8. The standard InChI is InChI=1S/C14H13Cl2N3/c15-11-3-1-4-12(16)10(11)8-19-14-6-2-5-13(18)9(14)7-17/h1-7,17,19H,8,18H2. The van der Waals surface area contributed by atoms with Gasteiger partial charge in [-0.25, -0.2) is 0 Å². The molecule has 3 nitrogen and oxygen atoms in total. The van der Waals surface area contributed by atoms with Gasteiger partial charge in [-0.05, 0) is 24.3 Å². The highest BCUT2D eigenvalue weighted by molar-refractivity contribution is 6.36. The van der Waals surface area contributed by atoms with E-state index in [-0.39, 0.29) is 0 Å². The summed E-state index contributed by atoms with van der Waals surface area (Å²) in [4.78, 5) is 0. The van der Waals surface area contributed by atoms with Crippen molar-refractivity contribution in [3.8, 4) is 0 Å². The number of nitrogens with one attached hydrogen (secondary N) is 2. The van der Waals surface area contributed by atoms with Crippen LogP contribution in [0.1, 0.15) is 11.1 Å². The van der Waals surface area contributed by atoms with Crippen molar-refractivity contribution in [3.05, 3.63) is 57.6 Å². The van der Waals surface area contributed by atoms with Crippen molar-refractivity contribution >= 4 is 40.8 Å². The minimum atomic E-state index is 0.475. The molecule has 0 spiro atoms.